The molecule has 100 valence electrons. The number of hydrogen-bond acceptors (Lipinski definition) is 3. The molecule has 1 aromatic carbocycles. The molecule has 2 N–H and O–H groups in total. The van der Waals surface area contributed by atoms with Crippen LogP contribution in [0.5, 0.6) is 0 Å². The van der Waals surface area contributed by atoms with E-state index in [4.69, 9.17) is 23.8 Å². The maximum Gasteiger partial charge on any atom is 0.131 e. The van der Waals surface area contributed by atoms with Crippen LogP contribution in [0.25, 0.3) is 0 Å². The molecule has 0 amide bonds. The summed E-state index contributed by atoms with van der Waals surface area (Å²) in [5.41, 5.74) is 1.16. The molecule has 0 fully saturated rings. The number of benzene rings is 1. The smallest absolute Gasteiger partial charge is 0.131 e. The Morgan fingerprint density at radius 2 is 2.05 bits per heavy atom. The highest BCUT2D eigenvalue weighted by Gasteiger charge is 1.99. The summed E-state index contributed by atoms with van der Waals surface area (Å²) in [4.78, 5) is 7.54. The molecule has 5 heteroatoms. The summed E-state index contributed by atoms with van der Waals surface area (Å²) >= 11 is 11.0. The number of aromatic amines is 1. The molecular formula is C14H16ClN3S. The van der Waals surface area contributed by atoms with Crippen LogP contribution < -0.4 is 5.32 Å². The monoisotopic (exact) mass is 293 g/mol. The Labute approximate surface area is 123 Å². The van der Waals surface area contributed by atoms with Crippen LogP contribution in [-0.2, 0) is 13.0 Å². The Morgan fingerprint density at radius 3 is 2.74 bits per heavy atom. The molecule has 0 aliphatic carbocycles. The molecule has 0 radical (unpaired) electrons. The standard InChI is InChI=1S/C14H16ClN3S/c1-2-3-12-17-13(8-14(19)18-12)16-9-10-4-6-11(15)7-5-10/h4-8H,2-3,9H2,1H3,(H2,16,17,18,19). The fourth-order valence-electron chi connectivity index (χ4n) is 1.76. The minimum absolute atomic E-state index is 0.612. The van der Waals surface area contributed by atoms with Gasteiger partial charge < -0.3 is 10.3 Å². The number of H-pyrrole nitrogens is 1. The van der Waals surface area contributed by atoms with E-state index in [1.807, 2.05) is 30.3 Å². The van der Waals surface area contributed by atoms with Gasteiger partial charge >= 0.3 is 0 Å². The predicted molar refractivity (Wildman–Crippen MR) is 82.2 cm³/mol. The molecule has 3 nitrogen and oxygen atoms in total. The zero-order valence-corrected chi connectivity index (χ0v) is 12.3. The summed E-state index contributed by atoms with van der Waals surface area (Å²) < 4.78 is 0.612. The largest absolute Gasteiger partial charge is 0.367 e. The maximum atomic E-state index is 5.86. The lowest BCUT2D eigenvalue weighted by Crippen LogP contribution is -2.04. The topological polar surface area (TPSA) is 40.7 Å². The first-order valence-electron chi connectivity index (χ1n) is 6.26. The Balaban J connectivity index is 2.06. The quantitative estimate of drug-likeness (QED) is 0.805. The van der Waals surface area contributed by atoms with E-state index in [0.717, 1.165) is 41.6 Å². The molecule has 0 saturated heterocycles. The fourth-order valence-corrected chi connectivity index (χ4v) is 2.11. The average Bonchev–Trinajstić information content (AvgIpc) is 2.38. The van der Waals surface area contributed by atoms with Gasteiger partial charge in [0.05, 0.1) is 0 Å². The van der Waals surface area contributed by atoms with Gasteiger partial charge in [-0.25, -0.2) is 4.98 Å². The van der Waals surface area contributed by atoms with Crippen LogP contribution in [0.2, 0.25) is 5.02 Å². The number of nitrogens with one attached hydrogen (secondary N) is 2. The number of rotatable bonds is 5. The van der Waals surface area contributed by atoms with Gasteiger partial charge in [0, 0.05) is 24.1 Å². The number of nitrogens with zero attached hydrogens (tertiary/aromatic N) is 1. The fraction of sp³-hybridized carbons (Fsp3) is 0.286. The number of aryl methyl sites for hydroxylation is 1. The van der Waals surface area contributed by atoms with Crippen molar-refractivity contribution in [3.05, 3.63) is 51.4 Å². The van der Waals surface area contributed by atoms with Gasteiger partial charge in [0.15, 0.2) is 0 Å². The van der Waals surface area contributed by atoms with E-state index < -0.39 is 0 Å². The van der Waals surface area contributed by atoms with E-state index in [1.54, 1.807) is 0 Å². The van der Waals surface area contributed by atoms with Crippen LogP contribution in [0.3, 0.4) is 0 Å². The van der Waals surface area contributed by atoms with Crippen molar-refractivity contribution in [1.82, 2.24) is 9.97 Å². The molecular weight excluding hydrogens is 278 g/mol. The molecule has 0 atom stereocenters. The molecule has 2 aromatic rings. The summed E-state index contributed by atoms with van der Waals surface area (Å²) in [5, 5.41) is 4.06. The van der Waals surface area contributed by atoms with Gasteiger partial charge in [-0.2, -0.15) is 0 Å². The van der Waals surface area contributed by atoms with Crippen molar-refractivity contribution < 1.29 is 0 Å². The van der Waals surface area contributed by atoms with Crippen molar-refractivity contribution in [1.29, 1.82) is 0 Å². The first-order valence-corrected chi connectivity index (χ1v) is 7.04. The summed E-state index contributed by atoms with van der Waals surface area (Å²) in [6.45, 7) is 2.84. The Hall–Kier alpha value is -1.39. The highest BCUT2D eigenvalue weighted by Crippen LogP contribution is 2.12. The normalized spacial score (nSPS) is 10.4. The summed E-state index contributed by atoms with van der Waals surface area (Å²) in [7, 11) is 0. The lowest BCUT2D eigenvalue weighted by atomic mass is 10.2. The van der Waals surface area contributed by atoms with Crippen LogP contribution in [0.15, 0.2) is 30.3 Å². The first-order chi connectivity index (χ1) is 9.17. The van der Waals surface area contributed by atoms with E-state index in [0.29, 0.717) is 4.64 Å². The third-order valence-corrected chi connectivity index (χ3v) is 3.14. The second-order valence-electron chi connectivity index (χ2n) is 4.31. The zero-order chi connectivity index (χ0) is 13.7. The molecule has 19 heavy (non-hydrogen) atoms. The number of hydrogen-bond donors (Lipinski definition) is 2. The highest BCUT2D eigenvalue weighted by atomic mass is 35.5. The first kappa shape index (κ1) is 14.0. The number of aromatic nitrogens is 2. The molecule has 0 bridgehead atoms. The van der Waals surface area contributed by atoms with E-state index in [2.05, 4.69) is 22.2 Å². The van der Waals surface area contributed by atoms with Gasteiger partial charge in [-0.1, -0.05) is 42.9 Å². The van der Waals surface area contributed by atoms with Crippen molar-refractivity contribution in [3.8, 4) is 0 Å². The Bertz CT molecular complexity index is 592. The summed E-state index contributed by atoms with van der Waals surface area (Å²) in [5.74, 6) is 1.83. The lowest BCUT2D eigenvalue weighted by molar-refractivity contribution is 0.830. The van der Waals surface area contributed by atoms with Crippen LogP contribution in [0.4, 0.5) is 5.82 Å². The van der Waals surface area contributed by atoms with Gasteiger partial charge in [-0.3, -0.25) is 0 Å². The molecule has 0 aliphatic rings. The molecule has 1 aromatic heterocycles. The van der Waals surface area contributed by atoms with E-state index in [-0.39, 0.29) is 0 Å². The van der Waals surface area contributed by atoms with Gasteiger partial charge in [0.25, 0.3) is 0 Å². The molecule has 0 aliphatic heterocycles. The predicted octanol–water partition coefficient (Wildman–Crippen LogP) is 4.36. The van der Waals surface area contributed by atoms with Crippen molar-refractivity contribution in [2.45, 2.75) is 26.3 Å². The highest BCUT2D eigenvalue weighted by molar-refractivity contribution is 7.71. The second kappa shape index (κ2) is 6.68. The van der Waals surface area contributed by atoms with Gasteiger partial charge in [-0.05, 0) is 24.1 Å². The van der Waals surface area contributed by atoms with Crippen LogP contribution in [0, 0.1) is 4.64 Å². The van der Waals surface area contributed by atoms with E-state index >= 15 is 0 Å². The van der Waals surface area contributed by atoms with Crippen LogP contribution in [0.1, 0.15) is 24.7 Å². The SMILES string of the molecule is CCCc1nc(=S)cc(NCc2ccc(Cl)cc2)[nH]1. The van der Waals surface area contributed by atoms with Gasteiger partial charge in [0.1, 0.15) is 16.3 Å². The van der Waals surface area contributed by atoms with E-state index in [1.165, 1.54) is 0 Å². The minimum atomic E-state index is 0.612. The lowest BCUT2D eigenvalue weighted by Gasteiger charge is -2.08. The molecule has 0 spiro atoms. The Morgan fingerprint density at radius 1 is 1.32 bits per heavy atom. The summed E-state index contributed by atoms with van der Waals surface area (Å²) in [6, 6.07) is 9.60. The third-order valence-electron chi connectivity index (χ3n) is 2.67. The maximum absolute atomic E-state index is 5.86. The van der Waals surface area contributed by atoms with Gasteiger partial charge in [-0.15, -0.1) is 0 Å². The molecule has 0 saturated carbocycles. The van der Waals surface area contributed by atoms with Crippen LogP contribution >= 0.6 is 23.8 Å². The van der Waals surface area contributed by atoms with Crippen molar-refractivity contribution in [2.24, 2.45) is 0 Å². The third kappa shape index (κ3) is 4.33. The second-order valence-corrected chi connectivity index (χ2v) is 5.16. The number of anilines is 1. The average molecular weight is 294 g/mol. The van der Waals surface area contributed by atoms with Crippen molar-refractivity contribution in [2.75, 3.05) is 5.32 Å². The summed E-state index contributed by atoms with van der Waals surface area (Å²) in [6.07, 6.45) is 1.94. The molecule has 0 unspecified atom stereocenters. The molecule has 2 rings (SSSR count). The van der Waals surface area contributed by atoms with Gasteiger partial charge in [0.2, 0.25) is 0 Å². The Kier molecular flexibility index (Phi) is 4.93. The van der Waals surface area contributed by atoms with Crippen molar-refractivity contribution >= 4 is 29.6 Å². The number of halogens is 1. The van der Waals surface area contributed by atoms with E-state index in [9.17, 15) is 0 Å². The minimum Gasteiger partial charge on any atom is -0.367 e. The van der Waals surface area contributed by atoms with Crippen LogP contribution in [-0.4, -0.2) is 9.97 Å². The molecule has 1 heterocycles. The van der Waals surface area contributed by atoms with Crippen molar-refractivity contribution in [3.63, 3.8) is 0 Å². The zero-order valence-electron chi connectivity index (χ0n) is 10.7.